The van der Waals surface area contributed by atoms with Gasteiger partial charge < -0.3 is 15.2 Å². The first-order valence-corrected chi connectivity index (χ1v) is 5.92. The Bertz CT molecular complexity index is 476. The van der Waals surface area contributed by atoms with E-state index >= 15 is 0 Å². The van der Waals surface area contributed by atoms with Gasteiger partial charge in [0.1, 0.15) is 5.82 Å². The zero-order valence-electron chi connectivity index (χ0n) is 10.8. The van der Waals surface area contributed by atoms with Crippen molar-refractivity contribution >= 4 is 17.6 Å². The molecule has 19 heavy (non-hydrogen) atoms. The van der Waals surface area contributed by atoms with Crippen LogP contribution in [0.25, 0.3) is 0 Å². The molecule has 0 saturated heterocycles. The Kier molecular flexibility index (Phi) is 5.29. The van der Waals surface area contributed by atoms with Gasteiger partial charge in [-0.05, 0) is 31.5 Å². The number of ether oxygens (including phenoxy) is 2. The second-order valence-electron chi connectivity index (χ2n) is 3.79. The van der Waals surface area contributed by atoms with Crippen molar-refractivity contribution in [2.45, 2.75) is 26.4 Å². The fourth-order valence-electron chi connectivity index (χ4n) is 1.45. The van der Waals surface area contributed by atoms with Gasteiger partial charge in [0.05, 0.1) is 12.2 Å². The van der Waals surface area contributed by atoms with Crippen molar-refractivity contribution in [3.63, 3.8) is 0 Å². The first-order valence-electron chi connectivity index (χ1n) is 5.92. The molecular formula is C13H16FNO4. The molecule has 1 atom stereocenters. The zero-order valence-corrected chi connectivity index (χ0v) is 10.8. The van der Waals surface area contributed by atoms with Crippen molar-refractivity contribution < 1.29 is 23.5 Å². The van der Waals surface area contributed by atoms with Crippen molar-refractivity contribution in [3.8, 4) is 0 Å². The summed E-state index contributed by atoms with van der Waals surface area (Å²) in [6.07, 6.45) is -0.706. The number of anilines is 1. The highest BCUT2D eigenvalue weighted by Gasteiger charge is 2.24. The predicted octanol–water partition coefficient (Wildman–Crippen LogP) is 1.91. The van der Waals surface area contributed by atoms with Crippen LogP contribution < -0.4 is 5.73 Å². The predicted molar refractivity (Wildman–Crippen MR) is 66.9 cm³/mol. The van der Waals surface area contributed by atoms with Crippen molar-refractivity contribution in [2.75, 3.05) is 12.3 Å². The van der Waals surface area contributed by atoms with Crippen LogP contribution in [0.2, 0.25) is 0 Å². The number of hydrogen-bond acceptors (Lipinski definition) is 5. The maximum atomic E-state index is 12.9. The Labute approximate surface area is 110 Å². The van der Waals surface area contributed by atoms with Gasteiger partial charge in [-0.1, -0.05) is 6.92 Å². The smallest absolute Gasteiger partial charge is 0.347 e. The van der Waals surface area contributed by atoms with Crippen LogP contribution in [0.4, 0.5) is 10.1 Å². The third-order valence-corrected chi connectivity index (χ3v) is 2.40. The SMILES string of the molecule is CCOC(=O)C(CC)OC(=O)c1ccc(F)cc1N. The van der Waals surface area contributed by atoms with E-state index in [2.05, 4.69) is 0 Å². The van der Waals surface area contributed by atoms with Crippen molar-refractivity contribution in [3.05, 3.63) is 29.6 Å². The molecule has 5 nitrogen and oxygen atoms in total. The average Bonchev–Trinajstić information content (AvgIpc) is 2.35. The molecule has 104 valence electrons. The highest BCUT2D eigenvalue weighted by Crippen LogP contribution is 2.16. The van der Waals surface area contributed by atoms with Crippen molar-refractivity contribution in [2.24, 2.45) is 0 Å². The fraction of sp³-hybridized carbons (Fsp3) is 0.385. The van der Waals surface area contributed by atoms with Gasteiger partial charge in [0.15, 0.2) is 6.10 Å². The minimum atomic E-state index is -0.989. The Morgan fingerprint density at radius 3 is 2.58 bits per heavy atom. The fourth-order valence-corrected chi connectivity index (χ4v) is 1.45. The van der Waals surface area contributed by atoms with Gasteiger partial charge in [0.25, 0.3) is 0 Å². The van der Waals surface area contributed by atoms with Gasteiger partial charge in [0, 0.05) is 5.69 Å². The summed E-state index contributed by atoms with van der Waals surface area (Å²) in [6, 6.07) is 3.32. The van der Waals surface area contributed by atoms with Gasteiger partial charge >= 0.3 is 11.9 Å². The van der Waals surface area contributed by atoms with Gasteiger partial charge in [-0.3, -0.25) is 0 Å². The van der Waals surface area contributed by atoms with E-state index in [4.69, 9.17) is 15.2 Å². The molecule has 1 aromatic rings. The lowest BCUT2D eigenvalue weighted by Gasteiger charge is -2.15. The molecule has 0 fully saturated rings. The summed E-state index contributed by atoms with van der Waals surface area (Å²) in [5, 5.41) is 0. The van der Waals surface area contributed by atoms with Crippen LogP contribution in [0.15, 0.2) is 18.2 Å². The largest absolute Gasteiger partial charge is 0.463 e. The summed E-state index contributed by atoms with van der Waals surface area (Å²) in [5.41, 5.74) is 5.50. The molecule has 0 saturated carbocycles. The summed E-state index contributed by atoms with van der Waals surface area (Å²) >= 11 is 0. The number of rotatable bonds is 5. The summed E-state index contributed by atoms with van der Waals surface area (Å²) in [7, 11) is 0. The first-order chi connectivity index (χ1) is 8.99. The first kappa shape index (κ1) is 14.9. The monoisotopic (exact) mass is 269 g/mol. The van der Waals surface area contributed by atoms with Crippen molar-refractivity contribution in [1.82, 2.24) is 0 Å². The van der Waals surface area contributed by atoms with E-state index in [0.717, 1.165) is 12.1 Å². The Morgan fingerprint density at radius 1 is 1.37 bits per heavy atom. The second-order valence-corrected chi connectivity index (χ2v) is 3.79. The summed E-state index contributed by atoms with van der Waals surface area (Å²) in [6.45, 7) is 3.54. The summed E-state index contributed by atoms with van der Waals surface area (Å²) < 4.78 is 22.6. The quantitative estimate of drug-likeness (QED) is 0.652. The van der Waals surface area contributed by atoms with E-state index in [1.54, 1.807) is 13.8 Å². The minimum absolute atomic E-state index is 0.0177. The molecule has 0 radical (unpaired) electrons. The number of benzene rings is 1. The van der Waals surface area contributed by atoms with Crippen LogP contribution in [-0.2, 0) is 14.3 Å². The topological polar surface area (TPSA) is 78.6 Å². The number of nitrogens with two attached hydrogens (primary N) is 1. The molecule has 0 spiro atoms. The number of esters is 2. The molecule has 2 N–H and O–H groups in total. The molecule has 0 heterocycles. The molecule has 1 rings (SSSR count). The molecule has 0 aliphatic rings. The van der Waals surface area contributed by atoms with Crippen LogP contribution in [0.1, 0.15) is 30.6 Å². The molecule has 6 heteroatoms. The van der Waals surface area contributed by atoms with Crippen LogP contribution in [0.5, 0.6) is 0 Å². The maximum absolute atomic E-state index is 12.9. The molecule has 0 aliphatic heterocycles. The Hall–Kier alpha value is -2.11. The average molecular weight is 269 g/mol. The van der Waals surface area contributed by atoms with Crippen molar-refractivity contribution in [1.29, 1.82) is 0 Å². The highest BCUT2D eigenvalue weighted by atomic mass is 19.1. The van der Waals surface area contributed by atoms with Crippen LogP contribution >= 0.6 is 0 Å². The molecule has 1 aromatic carbocycles. The van der Waals surface area contributed by atoms with E-state index in [1.807, 2.05) is 0 Å². The third kappa shape index (κ3) is 3.94. The Morgan fingerprint density at radius 2 is 2.05 bits per heavy atom. The second kappa shape index (κ2) is 6.72. The van der Waals surface area contributed by atoms with Gasteiger partial charge in [-0.25, -0.2) is 14.0 Å². The van der Waals surface area contributed by atoms with E-state index in [9.17, 15) is 14.0 Å². The van der Waals surface area contributed by atoms with E-state index in [1.165, 1.54) is 6.07 Å². The lowest BCUT2D eigenvalue weighted by Crippen LogP contribution is -2.29. The number of nitrogen functional groups attached to an aromatic ring is 1. The number of halogens is 1. The minimum Gasteiger partial charge on any atom is -0.463 e. The van der Waals surface area contributed by atoms with Crippen LogP contribution in [0.3, 0.4) is 0 Å². The third-order valence-electron chi connectivity index (χ3n) is 2.40. The number of hydrogen-bond donors (Lipinski definition) is 1. The lowest BCUT2D eigenvalue weighted by molar-refractivity contribution is -0.153. The Balaban J connectivity index is 2.80. The van der Waals surface area contributed by atoms with E-state index < -0.39 is 23.9 Å². The summed E-state index contributed by atoms with van der Waals surface area (Å²) in [5.74, 6) is -1.94. The maximum Gasteiger partial charge on any atom is 0.347 e. The molecule has 0 bridgehead atoms. The zero-order chi connectivity index (χ0) is 14.4. The highest BCUT2D eigenvalue weighted by molar-refractivity contribution is 5.96. The number of carbonyl (C=O) groups excluding carboxylic acids is 2. The van der Waals surface area contributed by atoms with Crippen LogP contribution in [-0.4, -0.2) is 24.6 Å². The van der Waals surface area contributed by atoms with Gasteiger partial charge in [0.2, 0.25) is 0 Å². The van der Waals surface area contributed by atoms with Crippen LogP contribution in [0, 0.1) is 5.82 Å². The molecule has 0 amide bonds. The molecule has 1 unspecified atom stereocenters. The van der Waals surface area contributed by atoms with E-state index in [-0.39, 0.29) is 24.3 Å². The standard InChI is InChI=1S/C13H16FNO4/c1-3-11(13(17)18-4-2)19-12(16)9-6-5-8(14)7-10(9)15/h5-7,11H,3-4,15H2,1-2H3. The molecular weight excluding hydrogens is 253 g/mol. The van der Waals surface area contributed by atoms with E-state index in [0.29, 0.717) is 0 Å². The molecule has 0 aromatic heterocycles. The lowest BCUT2D eigenvalue weighted by atomic mass is 10.2. The summed E-state index contributed by atoms with van der Waals surface area (Å²) in [4.78, 5) is 23.3. The normalized spacial score (nSPS) is 11.7. The molecule has 0 aliphatic carbocycles. The van der Waals surface area contributed by atoms with Gasteiger partial charge in [-0.15, -0.1) is 0 Å². The van der Waals surface area contributed by atoms with Gasteiger partial charge in [-0.2, -0.15) is 0 Å². The number of carbonyl (C=O) groups is 2.